The van der Waals surface area contributed by atoms with Crippen molar-refractivity contribution in [3.63, 3.8) is 0 Å². The molecule has 0 bridgehead atoms. The summed E-state index contributed by atoms with van der Waals surface area (Å²) in [5, 5.41) is 8.36. The maximum Gasteiger partial charge on any atom is 0.247 e. The van der Waals surface area contributed by atoms with E-state index in [1.807, 2.05) is 35.2 Å². The van der Waals surface area contributed by atoms with Crippen molar-refractivity contribution in [1.82, 2.24) is 20.0 Å². The van der Waals surface area contributed by atoms with Crippen molar-refractivity contribution >= 4 is 5.91 Å². The van der Waals surface area contributed by atoms with Gasteiger partial charge in [0.2, 0.25) is 17.7 Å². The van der Waals surface area contributed by atoms with Gasteiger partial charge < -0.3 is 9.32 Å². The van der Waals surface area contributed by atoms with Crippen LogP contribution in [-0.2, 0) is 11.3 Å². The first kappa shape index (κ1) is 17.2. The summed E-state index contributed by atoms with van der Waals surface area (Å²) in [5.41, 5.74) is 0.712. The van der Waals surface area contributed by atoms with Gasteiger partial charge in [0.15, 0.2) is 0 Å². The number of amides is 1. The zero-order valence-electron chi connectivity index (χ0n) is 15.5. The highest BCUT2D eigenvalue weighted by atomic mass is 16.4. The highest BCUT2D eigenvalue weighted by Gasteiger charge is 2.48. The number of hydrogen-bond donors (Lipinski definition) is 0. The first-order chi connectivity index (χ1) is 12.6. The summed E-state index contributed by atoms with van der Waals surface area (Å²) in [6.45, 7) is 7.40. The summed E-state index contributed by atoms with van der Waals surface area (Å²) in [4.78, 5) is 17.4. The molecule has 1 atom stereocenters. The van der Waals surface area contributed by atoms with Gasteiger partial charge in [0.1, 0.15) is 0 Å². The quantitative estimate of drug-likeness (QED) is 0.845. The second-order valence-corrected chi connectivity index (χ2v) is 7.80. The Morgan fingerprint density at radius 2 is 1.96 bits per heavy atom. The van der Waals surface area contributed by atoms with Gasteiger partial charge in [-0.2, -0.15) is 0 Å². The van der Waals surface area contributed by atoms with Crippen LogP contribution < -0.4 is 0 Å². The smallest absolute Gasteiger partial charge is 0.247 e. The number of hydrogen-bond acceptors (Lipinski definition) is 5. The van der Waals surface area contributed by atoms with Gasteiger partial charge in [-0.1, -0.05) is 18.2 Å². The minimum Gasteiger partial charge on any atom is -0.419 e. The number of aromatic nitrogens is 2. The molecule has 2 saturated heterocycles. The van der Waals surface area contributed by atoms with Gasteiger partial charge in [-0.15, -0.1) is 10.2 Å². The maximum absolute atomic E-state index is 13.0. The lowest BCUT2D eigenvalue weighted by molar-refractivity contribution is -0.147. The van der Waals surface area contributed by atoms with Crippen LogP contribution in [-0.4, -0.2) is 51.6 Å². The van der Waals surface area contributed by atoms with Crippen molar-refractivity contribution in [2.45, 2.75) is 45.7 Å². The Bertz CT molecular complexity index is 773. The van der Waals surface area contributed by atoms with Crippen LogP contribution in [0.1, 0.15) is 39.0 Å². The Balaban J connectivity index is 1.43. The molecule has 138 valence electrons. The predicted molar refractivity (Wildman–Crippen MR) is 98.1 cm³/mol. The Morgan fingerprint density at radius 3 is 2.73 bits per heavy atom. The van der Waals surface area contributed by atoms with Gasteiger partial charge in [-0.05, 0) is 51.8 Å². The molecule has 1 spiro atoms. The van der Waals surface area contributed by atoms with Crippen molar-refractivity contribution in [3.05, 3.63) is 36.2 Å². The summed E-state index contributed by atoms with van der Waals surface area (Å²) < 4.78 is 5.83. The third-order valence-corrected chi connectivity index (χ3v) is 5.67. The van der Waals surface area contributed by atoms with Crippen LogP contribution in [0.2, 0.25) is 0 Å². The largest absolute Gasteiger partial charge is 0.419 e. The molecule has 1 amide bonds. The third kappa shape index (κ3) is 3.14. The van der Waals surface area contributed by atoms with Gasteiger partial charge in [0.05, 0.1) is 12.0 Å². The molecule has 4 rings (SSSR count). The standard InChI is InChI=1S/C20H26N4O2/c1-15(2)24-11-6-9-20(19(24)25)10-12-23(14-20)13-17-21-22-18(26-17)16-7-4-3-5-8-16/h3-5,7-8,15H,6,9-14H2,1-2H3/t20-/m0/s1. The highest BCUT2D eigenvalue weighted by Crippen LogP contribution is 2.41. The van der Waals surface area contributed by atoms with E-state index >= 15 is 0 Å². The molecule has 0 radical (unpaired) electrons. The summed E-state index contributed by atoms with van der Waals surface area (Å²) in [7, 11) is 0. The average Bonchev–Trinajstić information content (AvgIpc) is 3.26. The predicted octanol–water partition coefficient (Wildman–Crippen LogP) is 2.96. The van der Waals surface area contributed by atoms with Crippen LogP contribution in [0.4, 0.5) is 0 Å². The number of carbonyl (C=O) groups excluding carboxylic acids is 1. The summed E-state index contributed by atoms with van der Waals surface area (Å²) in [6.07, 6.45) is 3.01. The van der Waals surface area contributed by atoms with Crippen molar-refractivity contribution in [1.29, 1.82) is 0 Å². The van der Waals surface area contributed by atoms with E-state index in [0.717, 1.165) is 44.5 Å². The van der Waals surface area contributed by atoms with Crippen molar-refractivity contribution in [3.8, 4) is 11.5 Å². The molecule has 6 nitrogen and oxygen atoms in total. The van der Waals surface area contributed by atoms with E-state index in [1.54, 1.807) is 0 Å². The number of benzene rings is 1. The van der Waals surface area contributed by atoms with Gasteiger partial charge in [-0.3, -0.25) is 9.69 Å². The Morgan fingerprint density at radius 1 is 1.15 bits per heavy atom. The number of rotatable bonds is 4. The van der Waals surface area contributed by atoms with E-state index in [9.17, 15) is 4.79 Å². The fraction of sp³-hybridized carbons (Fsp3) is 0.550. The lowest BCUT2D eigenvalue weighted by Gasteiger charge is -2.41. The van der Waals surface area contributed by atoms with Crippen molar-refractivity contribution < 1.29 is 9.21 Å². The fourth-order valence-electron chi connectivity index (χ4n) is 4.27. The molecule has 2 aromatic rings. The monoisotopic (exact) mass is 354 g/mol. The second kappa shape index (κ2) is 6.83. The Labute approximate surface area is 154 Å². The van der Waals surface area contributed by atoms with E-state index < -0.39 is 0 Å². The minimum absolute atomic E-state index is 0.217. The van der Waals surface area contributed by atoms with E-state index in [0.29, 0.717) is 24.2 Å². The molecule has 0 N–H and O–H groups in total. The van der Waals surface area contributed by atoms with Gasteiger partial charge >= 0.3 is 0 Å². The lowest BCUT2D eigenvalue weighted by atomic mass is 9.78. The molecule has 0 saturated carbocycles. The van der Waals surface area contributed by atoms with E-state index in [4.69, 9.17) is 4.42 Å². The molecule has 2 aliphatic heterocycles. The summed E-state index contributed by atoms with van der Waals surface area (Å²) >= 11 is 0. The molecular weight excluding hydrogens is 328 g/mol. The average molecular weight is 354 g/mol. The van der Waals surface area contributed by atoms with Crippen molar-refractivity contribution in [2.75, 3.05) is 19.6 Å². The minimum atomic E-state index is -0.217. The van der Waals surface area contributed by atoms with E-state index in [-0.39, 0.29) is 11.5 Å². The molecule has 0 unspecified atom stereocenters. The van der Waals surface area contributed by atoms with Gasteiger partial charge in [-0.25, -0.2) is 0 Å². The molecule has 1 aromatic heterocycles. The van der Waals surface area contributed by atoms with Gasteiger partial charge in [0.25, 0.3) is 0 Å². The lowest BCUT2D eigenvalue weighted by Crippen LogP contribution is -2.52. The van der Waals surface area contributed by atoms with Crippen LogP contribution in [0.25, 0.3) is 11.5 Å². The zero-order chi connectivity index (χ0) is 18.1. The molecule has 6 heteroatoms. The Kier molecular flexibility index (Phi) is 4.53. The topological polar surface area (TPSA) is 62.5 Å². The van der Waals surface area contributed by atoms with E-state index in [2.05, 4.69) is 28.9 Å². The zero-order valence-corrected chi connectivity index (χ0v) is 15.5. The number of carbonyl (C=O) groups is 1. The molecule has 2 aliphatic rings. The summed E-state index contributed by atoms with van der Waals surface area (Å²) in [6, 6.07) is 10.1. The van der Waals surface area contributed by atoms with Crippen molar-refractivity contribution in [2.24, 2.45) is 5.41 Å². The van der Waals surface area contributed by atoms with Crippen LogP contribution in [0.5, 0.6) is 0 Å². The Hall–Kier alpha value is -2.21. The molecular formula is C20H26N4O2. The first-order valence-electron chi connectivity index (χ1n) is 9.49. The molecule has 26 heavy (non-hydrogen) atoms. The number of piperidine rings is 1. The van der Waals surface area contributed by atoms with Gasteiger partial charge in [0, 0.05) is 24.7 Å². The molecule has 2 fully saturated rings. The first-order valence-corrected chi connectivity index (χ1v) is 9.49. The van der Waals surface area contributed by atoms with Crippen LogP contribution >= 0.6 is 0 Å². The fourth-order valence-corrected chi connectivity index (χ4v) is 4.27. The highest BCUT2D eigenvalue weighted by molar-refractivity contribution is 5.84. The van der Waals surface area contributed by atoms with Crippen LogP contribution in [0.3, 0.4) is 0 Å². The second-order valence-electron chi connectivity index (χ2n) is 7.80. The van der Waals surface area contributed by atoms with E-state index in [1.165, 1.54) is 0 Å². The number of nitrogens with zero attached hydrogens (tertiary/aromatic N) is 4. The molecule has 1 aromatic carbocycles. The SMILES string of the molecule is CC(C)N1CCC[C@@]2(CCN(Cc3nnc(-c4ccccc4)o3)C2)C1=O. The summed E-state index contributed by atoms with van der Waals surface area (Å²) in [5.74, 6) is 1.50. The normalized spacial score (nSPS) is 24.1. The van der Waals surface area contributed by atoms with Crippen LogP contribution in [0.15, 0.2) is 34.7 Å². The molecule has 3 heterocycles. The maximum atomic E-state index is 13.0. The number of likely N-dealkylation sites (tertiary alicyclic amines) is 2. The van der Waals surface area contributed by atoms with Crippen LogP contribution in [0, 0.1) is 5.41 Å². The third-order valence-electron chi connectivity index (χ3n) is 5.67. The molecule has 0 aliphatic carbocycles.